The third kappa shape index (κ3) is 3.20. The van der Waals surface area contributed by atoms with E-state index in [1.807, 2.05) is 23.1 Å². The number of carbonyl (C=O) groups excluding carboxylic acids is 1. The summed E-state index contributed by atoms with van der Waals surface area (Å²) in [5.74, 6) is 0.150. The fourth-order valence-electron chi connectivity index (χ4n) is 3.15. The lowest BCUT2D eigenvalue weighted by Crippen LogP contribution is -2.45. The van der Waals surface area contributed by atoms with Gasteiger partial charge in [0.2, 0.25) is 5.91 Å². The summed E-state index contributed by atoms with van der Waals surface area (Å²) in [5, 5.41) is 1.08. The van der Waals surface area contributed by atoms with E-state index in [4.69, 9.17) is 10.2 Å². The van der Waals surface area contributed by atoms with Crippen LogP contribution in [0.15, 0.2) is 24.4 Å². The number of hydrogen-bond acceptors (Lipinski definition) is 3. The van der Waals surface area contributed by atoms with E-state index in [1.54, 1.807) is 6.20 Å². The van der Waals surface area contributed by atoms with Gasteiger partial charge in [-0.1, -0.05) is 26.8 Å². The lowest BCUT2D eigenvalue weighted by molar-refractivity contribution is -0.117. The lowest BCUT2D eigenvalue weighted by atomic mass is 10.1. The molecule has 1 unspecified atom stereocenters. The first-order chi connectivity index (χ1) is 11.6. The smallest absolute Gasteiger partial charge is 0.227 e. The van der Waals surface area contributed by atoms with Crippen molar-refractivity contribution in [3.05, 3.63) is 24.4 Å². The number of nitrogen functional groups attached to an aromatic ring is 1. The van der Waals surface area contributed by atoms with Crippen molar-refractivity contribution in [1.29, 1.82) is 0 Å². The van der Waals surface area contributed by atoms with Gasteiger partial charge in [-0.3, -0.25) is 4.79 Å². The van der Waals surface area contributed by atoms with Gasteiger partial charge in [0.1, 0.15) is 0 Å². The number of anilines is 2. The van der Waals surface area contributed by atoms with Crippen LogP contribution in [0.1, 0.15) is 33.6 Å². The second kappa shape index (κ2) is 6.18. The summed E-state index contributed by atoms with van der Waals surface area (Å²) in [6.07, 6.45) is 3.18. The third-order valence-electron chi connectivity index (χ3n) is 5.74. The highest BCUT2D eigenvalue weighted by Crippen LogP contribution is 2.39. The molecule has 1 aliphatic heterocycles. The molecule has 1 atom stereocenters. The number of aromatic amines is 1. The Bertz CT molecular complexity index is 792. The minimum Gasteiger partial charge on any atom is -0.415 e. The molecule has 2 heterocycles. The lowest BCUT2D eigenvalue weighted by Gasteiger charge is -2.38. The molecule has 1 saturated heterocycles. The zero-order valence-corrected chi connectivity index (χ0v) is 16.8. The van der Waals surface area contributed by atoms with E-state index in [2.05, 4.69) is 38.8 Å². The monoisotopic (exact) mass is 359 g/mol. The molecule has 1 fully saturated rings. The quantitative estimate of drug-likeness (QED) is 0.801. The minimum atomic E-state index is -1.85. The van der Waals surface area contributed by atoms with Crippen molar-refractivity contribution in [3.8, 4) is 0 Å². The molecule has 5 nitrogen and oxygen atoms in total. The predicted octanol–water partition coefficient (Wildman–Crippen LogP) is 4.27. The Morgan fingerprint density at radius 3 is 2.76 bits per heavy atom. The summed E-state index contributed by atoms with van der Waals surface area (Å²) in [6.45, 7) is 11.8. The summed E-state index contributed by atoms with van der Waals surface area (Å²) < 4.78 is 6.41. The number of carbonyl (C=O) groups is 1. The Morgan fingerprint density at radius 1 is 1.36 bits per heavy atom. The Labute approximate surface area is 150 Å². The van der Waals surface area contributed by atoms with E-state index in [0.717, 1.165) is 23.0 Å². The number of fused-ring (bicyclic) bond motifs is 1. The van der Waals surface area contributed by atoms with Crippen LogP contribution in [0.2, 0.25) is 18.1 Å². The topological polar surface area (TPSA) is 71.3 Å². The molecular weight excluding hydrogens is 330 g/mol. The van der Waals surface area contributed by atoms with Gasteiger partial charge in [-0.15, -0.1) is 0 Å². The number of benzene rings is 1. The van der Waals surface area contributed by atoms with Crippen LogP contribution in [0.5, 0.6) is 0 Å². The summed E-state index contributed by atoms with van der Waals surface area (Å²) in [5.41, 5.74) is 8.67. The third-order valence-corrected chi connectivity index (χ3v) is 10.2. The molecule has 25 heavy (non-hydrogen) atoms. The van der Waals surface area contributed by atoms with Gasteiger partial charge < -0.3 is 20.0 Å². The average molecular weight is 360 g/mol. The first kappa shape index (κ1) is 18.0. The largest absolute Gasteiger partial charge is 0.415 e. The Kier molecular flexibility index (Phi) is 4.45. The number of nitrogens with zero attached hydrogens (tertiary/aromatic N) is 1. The van der Waals surface area contributed by atoms with Crippen molar-refractivity contribution in [1.82, 2.24) is 4.98 Å². The van der Waals surface area contributed by atoms with Gasteiger partial charge in [-0.2, -0.15) is 0 Å². The Hall–Kier alpha value is -1.79. The highest BCUT2D eigenvalue weighted by molar-refractivity contribution is 6.74. The Balaban J connectivity index is 1.89. The van der Waals surface area contributed by atoms with Gasteiger partial charge in [0.05, 0.1) is 24.0 Å². The molecule has 3 rings (SSSR count). The fraction of sp³-hybridized carbons (Fsp3) is 0.526. The highest BCUT2D eigenvalue weighted by atomic mass is 28.4. The van der Waals surface area contributed by atoms with Crippen molar-refractivity contribution in [2.24, 2.45) is 0 Å². The average Bonchev–Trinajstić information content (AvgIpc) is 3.08. The molecule has 2 aromatic rings. The SMILES string of the molecule is CC(C)(C)[Si](C)(C)OCC1CCC(=O)N1c1cccc2[nH]cc(N)c12. The maximum absolute atomic E-state index is 12.6. The molecule has 136 valence electrons. The second-order valence-corrected chi connectivity index (χ2v) is 13.3. The van der Waals surface area contributed by atoms with Gasteiger partial charge in [0.15, 0.2) is 8.32 Å². The maximum Gasteiger partial charge on any atom is 0.227 e. The molecule has 3 N–H and O–H groups in total. The number of rotatable bonds is 4. The zero-order valence-electron chi connectivity index (χ0n) is 15.8. The fourth-order valence-corrected chi connectivity index (χ4v) is 4.19. The normalized spacial score (nSPS) is 19.2. The van der Waals surface area contributed by atoms with Gasteiger partial charge >= 0.3 is 0 Å². The van der Waals surface area contributed by atoms with Crippen LogP contribution in [0.4, 0.5) is 11.4 Å². The van der Waals surface area contributed by atoms with Crippen molar-refractivity contribution in [3.63, 3.8) is 0 Å². The first-order valence-electron chi connectivity index (χ1n) is 8.93. The van der Waals surface area contributed by atoms with Crippen LogP contribution >= 0.6 is 0 Å². The van der Waals surface area contributed by atoms with Crippen LogP contribution in [-0.2, 0) is 9.22 Å². The van der Waals surface area contributed by atoms with Crippen LogP contribution in [0.25, 0.3) is 10.9 Å². The first-order valence-corrected chi connectivity index (χ1v) is 11.8. The number of H-pyrrole nitrogens is 1. The molecule has 1 amide bonds. The minimum absolute atomic E-state index is 0.0709. The molecule has 1 aromatic carbocycles. The molecule has 1 aromatic heterocycles. The van der Waals surface area contributed by atoms with Gasteiger partial charge in [0, 0.05) is 23.5 Å². The number of hydrogen-bond donors (Lipinski definition) is 2. The van der Waals surface area contributed by atoms with Gasteiger partial charge in [0.25, 0.3) is 0 Å². The van der Waals surface area contributed by atoms with Crippen molar-refractivity contribution in [2.75, 3.05) is 17.2 Å². The van der Waals surface area contributed by atoms with E-state index in [0.29, 0.717) is 18.7 Å². The molecule has 0 saturated carbocycles. The molecule has 0 aliphatic carbocycles. The summed E-state index contributed by atoms with van der Waals surface area (Å²) in [4.78, 5) is 17.7. The highest BCUT2D eigenvalue weighted by Gasteiger charge is 2.40. The predicted molar refractivity (Wildman–Crippen MR) is 106 cm³/mol. The van der Waals surface area contributed by atoms with Crippen molar-refractivity contribution in [2.45, 2.75) is 57.8 Å². The number of nitrogens with one attached hydrogen (secondary N) is 1. The molecule has 6 heteroatoms. The summed E-state index contributed by atoms with van der Waals surface area (Å²) in [6, 6.07) is 6.00. The molecule has 0 radical (unpaired) electrons. The molecule has 1 aliphatic rings. The van der Waals surface area contributed by atoms with Crippen molar-refractivity contribution < 1.29 is 9.22 Å². The van der Waals surface area contributed by atoms with E-state index < -0.39 is 8.32 Å². The molecular formula is C19H29N3O2Si. The van der Waals surface area contributed by atoms with Crippen LogP contribution in [0, 0.1) is 0 Å². The van der Waals surface area contributed by atoms with E-state index >= 15 is 0 Å². The second-order valence-electron chi connectivity index (χ2n) is 8.47. The van der Waals surface area contributed by atoms with Gasteiger partial charge in [-0.25, -0.2) is 0 Å². The van der Waals surface area contributed by atoms with E-state index in [9.17, 15) is 4.79 Å². The number of nitrogens with two attached hydrogens (primary N) is 1. The van der Waals surface area contributed by atoms with Gasteiger partial charge in [-0.05, 0) is 36.7 Å². The molecule has 0 bridgehead atoms. The van der Waals surface area contributed by atoms with Crippen LogP contribution in [0.3, 0.4) is 0 Å². The van der Waals surface area contributed by atoms with Crippen LogP contribution < -0.4 is 10.6 Å². The van der Waals surface area contributed by atoms with Crippen molar-refractivity contribution >= 4 is 36.5 Å². The molecule has 0 spiro atoms. The number of aromatic nitrogens is 1. The Morgan fingerprint density at radius 2 is 2.08 bits per heavy atom. The number of amides is 1. The maximum atomic E-state index is 12.6. The van der Waals surface area contributed by atoms with E-state index in [1.165, 1.54) is 0 Å². The summed E-state index contributed by atoms with van der Waals surface area (Å²) in [7, 11) is -1.85. The van der Waals surface area contributed by atoms with Crippen LogP contribution in [-0.4, -0.2) is 31.9 Å². The summed E-state index contributed by atoms with van der Waals surface area (Å²) >= 11 is 0. The van der Waals surface area contributed by atoms with E-state index in [-0.39, 0.29) is 17.0 Å². The zero-order chi connectivity index (χ0) is 18.4. The standard InChI is InChI=1S/C19H29N3O2Si/c1-19(2,3)25(4,5)24-12-13-9-10-17(23)22(13)16-8-6-7-15-18(16)14(20)11-21-15/h6-8,11,13,21H,9-10,12,20H2,1-5H3.